The number of nitro benzene ring substituents is 1. The molecule has 1 aromatic heterocycles. The van der Waals surface area contributed by atoms with Crippen molar-refractivity contribution in [1.82, 2.24) is 10.2 Å². The van der Waals surface area contributed by atoms with E-state index in [4.69, 9.17) is 16.3 Å². The molecule has 0 aliphatic carbocycles. The lowest BCUT2D eigenvalue weighted by atomic mass is 10.2. The number of halogens is 1. The van der Waals surface area contributed by atoms with Gasteiger partial charge in [0.25, 0.3) is 11.6 Å². The van der Waals surface area contributed by atoms with Crippen LogP contribution in [0.3, 0.4) is 0 Å². The molecule has 1 heterocycles. The second kappa shape index (κ2) is 7.95. The summed E-state index contributed by atoms with van der Waals surface area (Å²) in [5.41, 5.74) is -0.0518. The van der Waals surface area contributed by atoms with Crippen LogP contribution in [-0.2, 0) is 11.2 Å². The van der Waals surface area contributed by atoms with E-state index in [1.807, 2.05) is 6.92 Å². The first-order chi connectivity index (χ1) is 11.0. The first-order valence-electron chi connectivity index (χ1n) is 6.66. The van der Waals surface area contributed by atoms with Gasteiger partial charge >= 0.3 is 0 Å². The first kappa shape index (κ1) is 17.3. The van der Waals surface area contributed by atoms with Crippen LogP contribution in [0.15, 0.2) is 18.2 Å². The van der Waals surface area contributed by atoms with Gasteiger partial charge in [-0.15, -0.1) is 10.2 Å². The molecule has 0 bridgehead atoms. The van der Waals surface area contributed by atoms with Crippen LogP contribution in [0.1, 0.15) is 22.3 Å². The van der Waals surface area contributed by atoms with Gasteiger partial charge in [-0.2, -0.15) is 0 Å². The molecule has 122 valence electrons. The zero-order valence-electron chi connectivity index (χ0n) is 12.1. The van der Waals surface area contributed by atoms with Crippen molar-refractivity contribution in [1.29, 1.82) is 0 Å². The van der Waals surface area contributed by atoms with E-state index in [1.165, 1.54) is 23.5 Å². The smallest absolute Gasteiger partial charge is 0.270 e. The van der Waals surface area contributed by atoms with Crippen LogP contribution in [0.4, 0.5) is 10.8 Å². The number of nitrogens with one attached hydrogen (secondary N) is 1. The molecule has 2 rings (SSSR count). The van der Waals surface area contributed by atoms with Crippen LogP contribution >= 0.6 is 22.9 Å². The lowest BCUT2D eigenvalue weighted by Gasteiger charge is -2.03. The number of hydrogen-bond donors (Lipinski definition) is 1. The molecule has 0 fully saturated rings. The maximum atomic E-state index is 12.1. The molecule has 0 aliphatic rings. The number of non-ortho nitro benzene ring substituents is 1. The van der Waals surface area contributed by atoms with E-state index in [9.17, 15) is 14.9 Å². The summed E-state index contributed by atoms with van der Waals surface area (Å²) in [4.78, 5) is 22.2. The van der Waals surface area contributed by atoms with Crippen molar-refractivity contribution >= 4 is 39.7 Å². The van der Waals surface area contributed by atoms with Gasteiger partial charge in [-0.3, -0.25) is 20.2 Å². The lowest BCUT2D eigenvalue weighted by Crippen LogP contribution is -2.12. The Kier molecular flexibility index (Phi) is 5.97. The van der Waals surface area contributed by atoms with Crippen molar-refractivity contribution in [2.24, 2.45) is 0 Å². The fourth-order valence-electron chi connectivity index (χ4n) is 1.68. The summed E-state index contributed by atoms with van der Waals surface area (Å²) in [7, 11) is 0. The van der Waals surface area contributed by atoms with Crippen LogP contribution in [0.2, 0.25) is 5.02 Å². The standard InChI is InChI=1S/C13H13ClN4O4S/c1-2-22-6-5-11-16-17-13(23-11)15-12(19)9-4-3-8(18(20)21)7-10(9)14/h3-4,7H,2,5-6H2,1H3,(H,15,17,19). The summed E-state index contributed by atoms with van der Waals surface area (Å²) in [5, 5.41) is 22.1. The Morgan fingerprint density at radius 2 is 2.26 bits per heavy atom. The molecule has 1 aromatic carbocycles. The molecule has 0 radical (unpaired) electrons. The van der Waals surface area contributed by atoms with Gasteiger partial charge in [-0.25, -0.2) is 0 Å². The minimum Gasteiger partial charge on any atom is -0.381 e. The third kappa shape index (κ3) is 4.68. The summed E-state index contributed by atoms with van der Waals surface area (Å²) in [6.45, 7) is 3.06. The molecule has 0 saturated heterocycles. The molecule has 0 unspecified atom stereocenters. The number of rotatable bonds is 7. The number of ether oxygens (including phenoxy) is 1. The fourth-order valence-corrected chi connectivity index (χ4v) is 2.65. The number of nitrogens with zero attached hydrogens (tertiary/aromatic N) is 3. The zero-order chi connectivity index (χ0) is 16.8. The SMILES string of the molecule is CCOCCc1nnc(NC(=O)c2ccc([N+](=O)[O-])cc2Cl)s1. The van der Waals surface area contributed by atoms with Crippen LogP contribution in [0.25, 0.3) is 0 Å². The number of aromatic nitrogens is 2. The third-order valence-electron chi connectivity index (χ3n) is 2.76. The quantitative estimate of drug-likeness (QED) is 0.464. The highest BCUT2D eigenvalue weighted by Gasteiger charge is 2.16. The van der Waals surface area contributed by atoms with Crippen molar-refractivity contribution in [3.8, 4) is 0 Å². The number of carbonyl (C=O) groups is 1. The summed E-state index contributed by atoms with van der Waals surface area (Å²) in [6, 6.07) is 3.64. The first-order valence-corrected chi connectivity index (χ1v) is 7.86. The van der Waals surface area contributed by atoms with Crippen LogP contribution in [0.5, 0.6) is 0 Å². The normalized spacial score (nSPS) is 10.5. The summed E-state index contributed by atoms with van der Waals surface area (Å²) in [6.07, 6.45) is 0.611. The van der Waals surface area contributed by atoms with Gasteiger partial charge in [0.15, 0.2) is 0 Å². The third-order valence-corrected chi connectivity index (χ3v) is 3.97. The van der Waals surface area contributed by atoms with E-state index in [-0.39, 0.29) is 16.3 Å². The molecule has 8 nitrogen and oxygen atoms in total. The van der Waals surface area contributed by atoms with Crippen LogP contribution in [-0.4, -0.2) is 34.2 Å². The topological polar surface area (TPSA) is 107 Å². The fraction of sp³-hybridized carbons (Fsp3) is 0.308. The molecule has 2 aromatic rings. The maximum absolute atomic E-state index is 12.1. The van der Waals surface area contributed by atoms with Crippen molar-refractivity contribution in [3.63, 3.8) is 0 Å². The molecule has 1 amide bonds. The Hall–Kier alpha value is -2.10. The highest BCUT2D eigenvalue weighted by Crippen LogP contribution is 2.24. The van der Waals surface area contributed by atoms with E-state index in [0.29, 0.717) is 24.8 Å². The molecular weight excluding hydrogens is 344 g/mol. The Balaban J connectivity index is 2.03. The number of carbonyl (C=O) groups excluding carboxylic acids is 1. The van der Waals surface area contributed by atoms with Gasteiger partial charge in [-0.1, -0.05) is 22.9 Å². The van der Waals surface area contributed by atoms with Crippen molar-refractivity contribution < 1.29 is 14.5 Å². The minimum atomic E-state index is -0.580. The Bertz CT molecular complexity index is 722. The highest BCUT2D eigenvalue weighted by molar-refractivity contribution is 7.15. The molecular formula is C13H13ClN4O4S. The molecule has 10 heteroatoms. The minimum absolute atomic E-state index is 0.00205. The van der Waals surface area contributed by atoms with Gasteiger partial charge in [-0.05, 0) is 13.0 Å². The number of benzene rings is 1. The molecule has 0 saturated carbocycles. The molecule has 0 spiro atoms. The molecule has 0 aliphatic heterocycles. The Morgan fingerprint density at radius 1 is 1.48 bits per heavy atom. The maximum Gasteiger partial charge on any atom is 0.270 e. The largest absolute Gasteiger partial charge is 0.381 e. The van der Waals surface area contributed by atoms with E-state index in [2.05, 4.69) is 15.5 Å². The van der Waals surface area contributed by atoms with Crippen molar-refractivity contribution in [3.05, 3.63) is 43.9 Å². The number of amides is 1. The average molecular weight is 357 g/mol. The predicted molar refractivity (Wildman–Crippen MR) is 86.2 cm³/mol. The second-order valence-corrected chi connectivity index (χ2v) is 5.79. The van der Waals surface area contributed by atoms with E-state index < -0.39 is 10.8 Å². The predicted octanol–water partition coefficient (Wildman–Crippen LogP) is 2.93. The summed E-state index contributed by atoms with van der Waals surface area (Å²) >= 11 is 7.14. The number of nitro groups is 1. The van der Waals surface area contributed by atoms with Gasteiger partial charge in [0.1, 0.15) is 5.01 Å². The van der Waals surface area contributed by atoms with Crippen LogP contribution in [0, 0.1) is 10.1 Å². The van der Waals surface area contributed by atoms with E-state index in [1.54, 1.807) is 0 Å². The highest BCUT2D eigenvalue weighted by atomic mass is 35.5. The van der Waals surface area contributed by atoms with Gasteiger partial charge in [0.2, 0.25) is 5.13 Å². The molecule has 1 N–H and O–H groups in total. The molecule has 23 heavy (non-hydrogen) atoms. The van der Waals surface area contributed by atoms with Crippen molar-refractivity contribution in [2.45, 2.75) is 13.3 Å². The summed E-state index contributed by atoms with van der Waals surface area (Å²) < 4.78 is 5.22. The van der Waals surface area contributed by atoms with Gasteiger partial charge in [0.05, 0.1) is 22.1 Å². The van der Waals surface area contributed by atoms with Crippen LogP contribution < -0.4 is 5.32 Å². The second-order valence-electron chi connectivity index (χ2n) is 4.32. The number of hydrogen-bond acceptors (Lipinski definition) is 7. The van der Waals surface area contributed by atoms with Gasteiger partial charge < -0.3 is 4.74 Å². The van der Waals surface area contributed by atoms with E-state index >= 15 is 0 Å². The average Bonchev–Trinajstić information content (AvgIpc) is 2.94. The number of anilines is 1. The lowest BCUT2D eigenvalue weighted by molar-refractivity contribution is -0.384. The molecule has 0 atom stereocenters. The Morgan fingerprint density at radius 3 is 2.91 bits per heavy atom. The van der Waals surface area contributed by atoms with E-state index in [0.717, 1.165) is 11.1 Å². The van der Waals surface area contributed by atoms with Crippen molar-refractivity contribution in [2.75, 3.05) is 18.5 Å². The Labute approximate surface area is 140 Å². The monoisotopic (exact) mass is 356 g/mol. The summed E-state index contributed by atoms with van der Waals surface area (Å²) in [5.74, 6) is -0.502. The zero-order valence-corrected chi connectivity index (χ0v) is 13.7. The van der Waals surface area contributed by atoms with Gasteiger partial charge in [0, 0.05) is 25.2 Å².